The minimum atomic E-state index is 0.569. The van der Waals surface area contributed by atoms with Crippen molar-refractivity contribution in [2.24, 2.45) is 0 Å². The molecule has 0 aliphatic heterocycles. The lowest BCUT2D eigenvalue weighted by Crippen LogP contribution is -2.21. The number of hydrogen-bond donors (Lipinski definition) is 1. The molecule has 1 heterocycles. The van der Waals surface area contributed by atoms with Crippen LogP contribution in [0, 0.1) is 6.92 Å². The van der Waals surface area contributed by atoms with Gasteiger partial charge in [-0.15, -0.1) is 11.3 Å². The van der Waals surface area contributed by atoms with Gasteiger partial charge in [-0.25, -0.2) is 4.98 Å². The molecule has 22 heavy (non-hydrogen) atoms. The highest BCUT2D eigenvalue weighted by atomic mass is 32.1. The third-order valence-corrected chi connectivity index (χ3v) is 4.72. The molecule has 2 rings (SSSR count). The van der Waals surface area contributed by atoms with Crippen LogP contribution in [0.1, 0.15) is 35.2 Å². The number of ether oxygens (including phenoxy) is 1. The van der Waals surface area contributed by atoms with Gasteiger partial charge in [0.05, 0.1) is 17.3 Å². The van der Waals surface area contributed by atoms with E-state index in [2.05, 4.69) is 50.4 Å². The van der Waals surface area contributed by atoms with Crippen molar-refractivity contribution in [2.45, 2.75) is 33.1 Å². The van der Waals surface area contributed by atoms with Crippen molar-refractivity contribution in [1.29, 1.82) is 0 Å². The zero-order valence-electron chi connectivity index (χ0n) is 14.0. The Hall–Kier alpha value is -1.23. The summed E-state index contributed by atoms with van der Waals surface area (Å²) in [6.07, 6.45) is 0.972. The van der Waals surface area contributed by atoms with E-state index in [-0.39, 0.29) is 0 Å². The van der Waals surface area contributed by atoms with E-state index in [4.69, 9.17) is 9.72 Å². The van der Waals surface area contributed by atoms with E-state index in [9.17, 15) is 0 Å². The minimum Gasteiger partial charge on any atom is -0.383 e. The van der Waals surface area contributed by atoms with Crippen molar-refractivity contribution in [3.63, 3.8) is 0 Å². The third-order valence-electron chi connectivity index (χ3n) is 3.69. The highest BCUT2D eigenvalue weighted by Gasteiger charge is 2.10. The summed E-state index contributed by atoms with van der Waals surface area (Å²) in [5, 5.41) is 4.56. The fourth-order valence-corrected chi connectivity index (χ4v) is 3.30. The Morgan fingerprint density at radius 2 is 1.91 bits per heavy atom. The molecule has 0 bridgehead atoms. The number of aromatic nitrogens is 1. The van der Waals surface area contributed by atoms with E-state index in [1.807, 2.05) is 0 Å². The van der Waals surface area contributed by atoms with Gasteiger partial charge in [-0.1, -0.05) is 38.1 Å². The molecule has 0 radical (unpaired) electrons. The van der Waals surface area contributed by atoms with Gasteiger partial charge in [0.25, 0.3) is 0 Å². The van der Waals surface area contributed by atoms with Gasteiger partial charge in [-0.05, 0) is 18.4 Å². The van der Waals surface area contributed by atoms with Gasteiger partial charge in [0.15, 0.2) is 0 Å². The maximum atomic E-state index is 5.03. The van der Waals surface area contributed by atoms with Crippen LogP contribution in [-0.2, 0) is 11.2 Å². The molecule has 0 aliphatic rings. The maximum Gasteiger partial charge on any atom is 0.0948 e. The maximum absolute atomic E-state index is 5.03. The van der Waals surface area contributed by atoms with Crippen molar-refractivity contribution in [3.05, 3.63) is 39.7 Å². The standard InChI is InChI=1S/C18H26N2OS/c1-13(2)15-5-7-16(8-6-15)18-14(3)22-17(20-18)9-10-19-11-12-21-4/h5-8,13,19H,9-12H2,1-4H3. The second-order valence-corrected chi connectivity index (χ2v) is 7.07. The van der Waals surface area contributed by atoms with E-state index in [1.165, 1.54) is 21.0 Å². The van der Waals surface area contributed by atoms with E-state index in [0.717, 1.165) is 31.8 Å². The largest absolute Gasteiger partial charge is 0.383 e. The van der Waals surface area contributed by atoms with Crippen LogP contribution in [0.2, 0.25) is 0 Å². The summed E-state index contributed by atoms with van der Waals surface area (Å²) in [4.78, 5) is 6.12. The van der Waals surface area contributed by atoms with Crippen LogP contribution in [0.5, 0.6) is 0 Å². The van der Waals surface area contributed by atoms with Crippen LogP contribution >= 0.6 is 11.3 Å². The first-order valence-corrected chi connectivity index (χ1v) is 8.69. The summed E-state index contributed by atoms with van der Waals surface area (Å²) in [7, 11) is 1.72. The molecule has 120 valence electrons. The highest BCUT2D eigenvalue weighted by Crippen LogP contribution is 2.28. The first-order valence-electron chi connectivity index (χ1n) is 7.88. The fraction of sp³-hybridized carbons (Fsp3) is 0.500. The van der Waals surface area contributed by atoms with Crippen molar-refractivity contribution >= 4 is 11.3 Å². The second kappa shape index (κ2) is 8.42. The van der Waals surface area contributed by atoms with Crippen LogP contribution in [0.4, 0.5) is 0 Å². The average molecular weight is 318 g/mol. The van der Waals surface area contributed by atoms with Gasteiger partial charge in [-0.2, -0.15) is 0 Å². The molecule has 1 aromatic heterocycles. The molecule has 0 saturated heterocycles. The SMILES string of the molecule is COCCNCCc1nc(-c2ccc(C(C)C)cc2)c(C)s1. The number of thiazole rings is 1. The molecule has 0 fully saturated rings. The van der Waals surface area contributed by atoms with Crippen LogP contribution < -0.4 is 5.32 Å². The van der Waals surface area contributed by atoms with Crippen LogP contribution in [-0.4, -0.2) is 31.8 Å². The van der Waals surface area contributed by atoms with E-state index in [1.54, 1.807) is 18.4 Å². The Labute approximate surface area is 137 Å². The molecular formula is C18H26N2OS. The molecule has 0 amide bonds. The molecular weight excluding hydrogens is 292 g/mol. The first kappa shape index (κ1) is 17.1. The lowest BCUT2D eigenvalue weighted by molar-refractivity contribution is 0.199. The van der Waals surface area contributed by atoms with Crippen LogP contribution in [0.3, 0.4) is 0 Å². The Morgan fingerprint density at radius 1 is 1.18 bits per heavy atom. The molecule has 3 nitrogen and oxygen atoms in total. The number of benzene rings is 1. The zero-order chi connectivity index (χ0) is 15.9. The van der Waals surface area contributed by atoms with Gasteiger partial charge < -0.3 is 10.1 Å². The first-order chi connectivity index (χ1) is 10.6. The number of nitrogens with one attached hydrogen (secondary N) is 1. The summed E-state index contributed by atoms with van der Waals surface area (Å²) in [5.41, 5.74) is 3.73. The van der Waals surface area contributed by atoms with Gasteiger partial charge in [0.2, 0.25) is 0 Å². The second-order valence-electron chi connectivity index (χ2n) is 5.78. The van der Waals surface area contributed by atoms with E-state index >= 15 is 0 Å². The third kappa shape index (κ3) is 4.63. The van der Waals surface area contributed by atoms with Crippen molar-refractivity contribution in [3.8, 4) is 11.3 Å². The smallest absolute Gasteiger partial charge is 0.0948 e. The summed E-state index contributed by atoms with van der Waals surface area (Å²) < 4.78 is 5.03. The van der Waals surface area contributed by atoms with Gasteiger partial charge in [-0.3, -0.25) is 0 Å². The summed E-state index contributed by atoms with van der Waals surface area (Å²) in [6.45, 7) is 9.19. The summed E-state index contributed by atoms with van der Waals surface area (Å²) >= 11 is 1.80. The van der Waals surface area contributed by atoms with E-state index < -0.39 is 0 Å². The van der Waals surface area contributed by atoms with Crippen LogP contribution in [0.15, 0.2) is 24.3 Å². The lowest BCUT2D eigenvalue weighted by Gasteiger charge is -2.06. The van der Waals surface area contributed by atoms with Crippen molar-refractivity contribution in [1.82, 2.24) is 10.3 Å². The van der Waals surface area contributed by atoms with Crippen molar-refractivity contribution in [2.75, 3.05) is 26.8 Å². The van der Waals surface area contributed by atoms with Crippen LogP contribution in [0.25, 0.3) is 11.3 Å². The number of aryl methyl sites for hydroxylation is 1. The molecule has 0 saturated carbocycles. The quantitative estimate of drug-likeness (QED) is 0.747. The molecule has 0 unspecified atom stereocenters. The Bertz CT molecular complexity index is 575. The summed E-state index contributed by atoms with van der Waals surface area (Å²) in [6, 6.07) is 8.81. The fourth-order valence-electron chi connectivity index (χ4n) is 2.35. The predicted octanol–water partition coefficient (Wildman–Crippen LogP) is 4.02. The normalized spacial score (nSPS) is 11.3. The molecule has 2 aromatic rings. The average Bonchev–Trinajstić information content (AvgIpc) is 2.88. The van der Waals surface area contributed by atoms with Gasteiger partial charge >= 0.3 is 0 Å². The Balaban J connectivity index is 2.00. The topological polar surface area (TPSA) is 34.1 Å². The lowest BCUT2D eigenvalue weighted by atomic mass is 10.0. The van der Waals surface area contributed by atoms with Gasteiger partial charge in [0, 0.05) is 37.1 Å². The Morgan fingerprint density at radius 3 is 2.55 bits per heavy atom. The Kier molecular flexibility index (Phi) is 6.55. The molecule has 0 spiro atoms. The predicted molar refractivity (Wildman–Crippen MR) is 94.8 cm³/mol. The molecule has 0 aliphatic carbocycles. The molecule has 4 heteroatoms. The van der Waals surface area contributed by atoms with Gasteiger partial charge in [0.1, 0.15) is 0 Å². The molecule has 1 aromatic carbocycles. The van der Waals surface area contributed by atoms with Crippen molar-refractivity contribution < 1.29 is 4.74 Å². The molecule has 1 N–H and O–H groups in total. The highest BCUT2D eigenvalue weighted by molar-refractivity contribution is 7.12. The number of nitrogens with zero attached hydrogens (tertiary/aromatic N) is 1. The summed E-state index contributed by atoms with van der Waals surface area (Å²) in [5.74, 6) is 0.569. The minimum absolute atomic E-state index is 0.569. The zero-order valence-corrected chi connectivity index (χ0v) is 14.8. The monoisotopic (exact) mass is 318 g/mol. The number of rotatable bonds is 8. The van der Waals surface area contributed by atoms with E-state index in [0.29, 0.717) is 5.92 Å². The molecule has 0 atom stereocenters. The number of methoxy groups -OCH3 is 1. The number of hydrogen-bond acceptors (Lipinski definition) is 4.